The van der Waals surface area contributed by atoms with Gasteiger partial charge in [0, 0.05) is 42.9 Å². The van der Waals surface area contributed by atoms with Crippen LogP contribution in [0.1, 0.15) is 50.3 Å². The smallest absolute Gasteiger partial charge is 0.317 e. The fourth-order valence-corrected chi connectivity index (χ4v) is 6.06. The molecule has 6 nitrogen and oxygen atoms in total. The number of benzene rings is 1. The lowest BCUT2D eigenvalue weighted by Crippen LogP contribution is -2.45. The quantitative estimate of drug-likeness (QED) is 0.673. The zero-order valence-electron chi connectivity index (χ0n) is 19.6. The van der Waals surface area contributed by atoms with Crippen LogP contribution in [0, 0.1) is 0 Å². The molecule has 0 bridgehead atoms. The Kier molecular flexibility index (Phi) is 6.30. The van der Waals surface area contributed by atoms with Crippen LogP contribution in [0.25, 0.3) is 16.7 Å². The average molecular weight is 478 g/mol. The monoisotopic (exact) mass is 477 g/mol. The first kappa shape index (κ1) is 22.8. The summed E-state index contributed by atoms with van der Waals surface area (Å²) in [5.41, 5.74) is 6.36. The summed E-state index contributed by atoms with van der Waals surface area (Å²) in [4.78, 5) is 19.5. The minimum atomic E-state index is -3.27. The number of hydrogen-bond acceptors (Lipinski definition) is 4. The molecule has 1 fully saturated rings. The molecule has 0 atom stereocenters. The third-order valence-electron chi connectivity index (χ3n) is 7.19. The van der Waals surface area contributed by atoms with Crippen molar-refractivity contribution in [2.24, 2.45) is 0 Å². The number of sulfone groups is 1. The fraction of sp³-hybridized carbons (Fsp3) is 0.407. The first-order valence-corrected chi connectivity index (χ1v) is 13.9. The number of nitrogens with one attached hydrogen (secondary N) is 1. The molecular weight excluding hydrogens is 446 g/mol. The van der Waals surface area contributed by atoms with E-state index >= 15 is 0 Å². The summed E-state index contributed by atoms with van der Waals surface area (Å²) in [5, 5.41) is 3.18. The molecule has 2 heterocycles. The number of pyridine rings is 1. The van der Waals surface area contributed by atoms with Crippen molar-refractivity contribution in [3.8, 4) is 11.1 Å². The third-order valence-corrected chi connectivity index (χ3v) is 8.92. The van der Waals surface area contributed by atoms with Crippen LogP contribution in [0.3, 0.4) is 0 Å². The number of fused-ring (bicyclic) bond motifs is 1. The van der Waals surface area contributed by atoms with Crippen molar-refractivity contribution >= 4 is 21.4 Å². The zero-order chi connectivity index (χ0) is 23.7. The van der Waals surface area contributed by atoms with Gasteiger partial charge in [0.25, 0.3) is 0 Å². The van der Waals surface area contributed by atoms with Gasteiger partial charge in [0.05, 0.1) is 16.3 Å². The van der Waals surface area contributed by atoms with E-state index in [0.717, 1.165) is 48.1 Å². The molecule has 178 valence electrons. The summed E-state index contributed by atoms with van der Waals surface area (Å²) in [6.45, 7) is 2.99. The van der Waals surface area contributed by atoms with Crippen molar-refractivity contribution in [2.45, 2.75) is 56.4 Å². The maximum Gasteiger partial charge on any atom is 0.317 e. The number of allylic oxidation sites excluding steroid dienone is 2. The van der Waals surface area contributed by atoms with Gasteiger partial charge in [-0.15, -0.1) is 0 Å². The maximum absolute atomic E-state index is 12.6. The molecule has 2 aliphatic carbocycles. The molecule has 1 aliphatic heterocycles. The minimum Gasteiger partial charge on any atom is -0.335 e. The summed E-state index contributed by atoms with van der Waals surface area (Å²) in [5.74, 6) is 0.0790. The van der Waals surface area contributed by atoms with Crippen LogP contribution in [-0.4, -0.2) is 49.2 Å². The highest BCUT2D eigenvalue weighted by Gasteiger charge is 2.25. The molecule has 1 saturated carbocycles. The Hall–Kier alpha value is -2.93. The Morgan fingerprint density at radius 1 is 1.15 bits per heavy atom. The van der Waals surface area contributed by atoms with Gasteiger partial charge in [-0.3, -0.25) is 4.98 Å². The van der Waals surface area contributed by atoms with E-state index in [4.69, 9.17) is 0 Å². The topological polar surface area (TPSA) is 79.4 Å². The van der Waals surface area contributed by atoms with Crippen molar-refractivity contribution in [1.82, 2.24) is 15.2 Å². The van der Waals surface area contributed by atoms with Crippen molar-refractivity contribution < 1.29 is 13.2 Å². The van der Waals surface area contributed by atoms with E-state index < -0.39 is 9.84 Å². The van der Waals surface area contributed by atoms with E-state index in [9.17, 15) is 13.2 Å². The largest absolute Gasteiger partial charge is 0.335 e. The summed E-state index contributed by atoms with van der Waals surface area (Å²) in [6.07, 6.45) is 12.4. The lowest BCUT2D eigenvalue weighted by atomic mass is 9.94. The van der Waals surface area contributed by atoms with Crippen LogP contribution in [-0.2, 0) is 16.3 Å². The van der Waals surface area contributed by atoms with Gasteiger partial charge in [0.2, 0.25) is 0 Å². The molecule has 5 rings (SSSR count). The van der Waals surface area contributed by atoms with Crippen LogP contribution < -0.4 is 5.32 Å². The summed E-state index contributed by atoms with van der Waals surface area (Å²) < 4.78 is 24.7. The van der Waals surface area contributed by atoms with E-state index in [1.807, 2.05) is 17.2 Å². The molecule has 0 radical (unpaired) electrons. The Morgan fingerprint density at radius 2 is 1.97 bits per heavy atom. The average Bonchev–Trinajstić information content (AvgIpc) is 3.53. The van der Waals surface area contributed by atoms with E-state index in [1.54, 1.807) is 25.1 Å². The van der Waals surface area contributed by atoms with Crippen molar-refractivity contribution in [3.63, 3.8) is 0 Å². The summed E-state index contributed by atoms with van der Waals surface area (Å²) >= 11 is 0. The zero-order valence-corrected chi connectivity index (χ0v) is 20.4. The van der Waals surface area contributed by atoms with Gasteiger partial charge in [-0.1, -0.05) is 44.1 Å². The predicted octanol–water partition coefficient (Wildman–Crippen LogP) is 4.77. The highest BCUT2D eigenvalue weighted by molar-refractivity contribution is 7.91. The Labute approximate surface area is 201 Å². The lowest BCUT2D eigenvalue weighted by molar-refractivity contribution is 0.198. The minimum absolute atomic E-state index is 0.0499. The standard InChI is InChI=1S/C27H31N3O3S/c1-2-34(32,33)23-9-5-6-20(16-23)21-17-25-24(10-11-26(25)28-18-21)19-12-14-30(15-13-19)27(31)29-22-7-3-4-8-22/h5-6,9-10,12,16-18,22H,2-4,7-8,11,13-15H2,1H3,(H,29,31). The van der Waals surface area contributed by atoms with Gasteiger partial charge < -0.3 is 10.2 Å². The maximum atomic E-state index is 12.6. The van der Waals surface area contributed by atoms with Crippen LogP contribution >= 0.6 is 0 Å². The number of carbonyl (C=O) groups excluding carboxylic acids is 1. The molecule has 1 aromatic heterocycles. The van der Waals surface area contributed by atoms with E-state index in [2.05, 4.69) is 28.5 Å². The molecule has 0 saturated heterocycles. The molecule has 1 aromatic carbocycles. The van der Waals surface area contributed by atoms with Crippen molar-refractivity contribution in [1.29, 1.82) is 0 Å². The highest BCUT2D eigenvalue weighted by atomic mass is 32.2. The summed E-state index contributed by atoms with van der Waals surface area (Å²) in [7, 11) is -3.27. The van der Waals surface area contributed by atoms with Gasteiger partial charge >= 0.3 is 6.03 Å². The second kappa shape index (κ2) is 9.37. The summed E-state index contributed by atoms with van der Waals surface area (Å²) in [6, 6.07) is 9.61. The van der Waals surface area contributed by atoms with Crippen molar-refractivity contribution in [3.05, 3.63) is 65.5 Å². The fourth-order valence-electron chi connectivity index (χ4n) is 5.13. The molecule has 34 heavy (non-hydrogen) atoms. The first-order chi connectivity index (χ1) is 16.4. The van der Waals surface area contributed by atoms with Crippen LogP contribution in [0.2, 0.25) is 0 Å². The number of aromatic nitrogens is 1. The van der Waals surface area contributed by atoms with Crippen LogP contribution in [0.4, 0.5) is 4.79 Å². The number of hydrogen-bond donors (Lipinski definition) is 1. The van der Waals surface area contributed by atoms with Gasteiger partial charge in [0.1, 0.15) is 0 Å². The number of rotatable bonds is 5. The van der Waals surface area contributed by atoms with Gasteiger partial charge in [-0.05, 0) is 54.2 Å². The number of nitrogens with zero attached hydrogens (tertiary/aromatic N) is 2. The second-order valence-corrected chi connectivity index (χ2v) is 11.6. The first-order valence-electron chi connectivity index (χ1n) is 12.2. The molecule has 0 unspecified atom stereocenters. The van der Waals surface area contributed by atoms with Crippen LogP contribution in [0.5, 0.6) is 0 Å². The molecule has 1 N–H and O–H groups in total. The molecule has 2 aromatic rings. The molecule has 7 heteroatoms. The van der Waals surface area contributed by atoms with Gasteiger partial charge in [0.15, 0.2) is 9.84 Å². The highest BCUT2D eigenvalue weighted by Crippen LogP contribution is 2.37. The molecule has 2 amide bonds. The molecule has 3 aliphatic rings. The van der Waals surface area contributed by atoms with E-state index in [1.165, 1.54) is 24.0 Å². The van der Waals surface area contributed by atoms with Crippen LogP contribution in [0.15, 0.2) is 59.1 Å². The third kappa shape index (κ3) is 4.53. The lowest BCUT2D eigenvalue weighted by Gasteiger charge is -2.28. The second-order valence-electron chi connectivity index (χ2n) is 9.33. The molecule has 0 spiro atoms. The SMILES string of the molecule is CCS(=O)(=O)c1cccc(-c2cnc3c(c2)C(C2=CCN(C(=O)NC4CCCC4)CC2)=CC3)c1. The Balaban J connectivity index is 1.34. The number of amides is 2. The van der Waals surface area contributed by atoms with E-state index in [-0.39, 0.29) is 11.8 Å². The van der Waals surface area contributed by atoms with Crippen molar-refractivity contribution in [2.75, 3.05) is 18.8 Å². The van der Waals surface area contributed by atoms with E-state index in [0.29, 0.717) is 24.0 Å². The number of carbonyl (C=O) groups is 1. The normalized spacial score (nSPS) is 18.4. The van der Waals surface area contributed by atoms with Gasteiger partial charge in [-0.25, -0.2) is 13.2 Å². The molecular formula is C27H31N3O3S. The van der Waals surface area contributed by atoms with Gasteiger partial charge in [-0.2, -0.15) is 0 Å². The number of urea groups is 1. The predicted molar refractivity (Wildman–Crippen MR) is 134 cm³/mol. The Morgan fingerprint density at radius 3 is 2.71 bits per heavy atom. The Bertz CT molecular complexity index is 1270.